The van der Waals surface area contributed by atoms with Crippen LogP contribution in [0.4, 0.5) is 0 Å². The number of likely N-dealkylation sites (N-methyl/N-ethyl adjacent to an activating group) is 1. The number of nitrogens with one attached hydrogen (secondary N) is 1. The van der Waals surface area contributed by atoms with E-state index in [0.717, 1.165) is 28.8 Å². The first-order chi connectivity index (χ1) is 13.1. The fourth-order valence-corrected chi connectivity index (χ4v) is 6.46. The van der Waals surface area contributed by atoms with Gasteiger partial charge in [-0.25, -0.2) is 0 Å². The Bertz CT molecular complexity index is 1030. The number of hydrogen-bond donors (Lipinski definition) is 1. The molecule has 1 aliphatic carbocycles. The summed E-state index contributed by atoms with van der Waals surface area (Å²) in [6.07, 6.45) is 2.61. The van der Waals surface area contributed by atoms with E-state index in [1.54, 1.807) is 11.8 Å². The van der Waals surface area contributed by atoms with E-state index in [4.69, 9.17) is 0 Å². The molecule has 1 N–H and O–H groups in total. The van der Waals surface area contributed by atoms with Gasteiger partial charge in [0.15, 0.2) is 0 Å². The van der Waals surface area contributed by atoms with Crippen LogP contribution in [-0.4, -0.2) is 39.3 Å². The van der Waals surface area contributed by atoms with Crippen LogP contribution in [0.25, 0.3) is 10.9 Å². The van der Waals surface area contributed by atoms with Crippen LogP contribution in [0.2, 0.25) is 0 Å². The van der Waals surface area contributed by atoms with Gasteiger partial charge in [-0.3, -0.25) is 9.89 Å². The number of aryl methyl sites for hydroxylation is 1. The Kier molecular flexibility index (Phi) is 3.83. The van der Waals surface area contributed by atoms with Crippen molar-refractivity contribution in [1.29, 1.82) is 0 Å². The number of carbonyl (C=O) groups excluding carboxylic acids is 1. The van der Waals surface area contributed by atoms with Crippen LogP contribution in [0.1, 0.15) is 30.9 Å². The summed E-state index contributed by atoms with van der Waals surface area (Å²) in [5.74, 6) is 0.245. The first-order valence-corrected chi connectivity index (χ1v) is 10.4. The third-order valence-electron chi connectivity index (χ3n) is 6.56. The first kappa shape index (κ1) is 16.9. The standard InChI is InChI=1S/C22H23N3OS/c1-22-16-9-5-3-7-14(16)11-12-18(22)25(2)20(26)13-19(22)27-21-15-8-4-6-10-17(15)23-24-21/h3-10,18-19H,11-13H2,1-2H3,(H,23,24)/t18-,19?,22-/m1/s1. The lowest BCUT2D eigenvalue weighted by atomic mass is 9.63. The summed E-state index contributed by atoms with van der Waals surface area (Å²) in [5.41, 5.74) is 3.79. The zero-order valence-electron chi connectivity index (χ0n) is 15.6. The minimum atomic E-state index is -0.0811. The number of amides is 1. The van der Waals surface area contributed by atoms with Crippen molar-refractivity contribution in [3.63, 3.8) is 0 Å². The smallest absolute Gasteiger partial charge is 0.223 e. The normalized spacial score (nSPS) is 27.5. The van der Waals surface area contributed by atoms with E-state index >= 15 is 0 Å². The summed E-state index contributed by atoms with van der Waals surface area (Å²) in [4.78, 5) is 14.8. The molecular formula is C22H23N3OS. The molecule has 1 amide bonds. The lowest BCUT2D eigenvalue weighted by Gasteiger charge is -2.54. The minimum absolute atomic E-state index is 0.0811. The fraction of sp³-hybridized carbons (Fsp3) is 0.364. The van der Waals surface area contributed by atoms with E-state index in [9.17, 15) is 4.79 Å². The third-order valence-corrected chi connectivity index (χ3v) is 8.03. The van der Waals surface area contributed by atoms with Crippen LogP contribution in [0.3, 0.4) is 0 Å². The lowest BCUT2D eigenvalue weighted by Crippen LogP contribution is -2.61. The second-order valence-electron chi connectivity index (χ2n) is 7.88. The number of thioether (sulfide) groups is 1. The van der Waals surface area contributed by atoms with Crippen LogP contribution in [0.5, 0.6) is 0 Å². The molecule has 3 atom stereocenters. The average Bonchev–Trinajstić information content (AvgIpc) is 3.09. The Labute approximate surface area is 163 Å². The summed E-state index contributed by atoms with van der Waals surface area (Å²) in [7, 11) is 1.98. The van der Waals surface area contributed by atoms with Crippen molar-refractivity contribution >= 4 is 28.6 Å². The second-order valence-corrected chi connectivity index (χ2v) is 9.08. The number of nitrogens with zero attached hydrogens (tertiary/aromatic N) is 2. The van der Waals surface area contributed by atoms with Gasteiger partial charge in [0.05, 0.1) is 5.52 Å². The monoisotopic (exact) mass is 377 g/mol. The second kappa shape index (κ2) is 6.13. The van der Waals surface area contributed by atoms with Crippen molar-refractivity contribution in [2.45, 2.75) is 47.9 Å². The zero-order chi connectivity index (χ0) is 18.6. The molecule has 5 rings (SSSR count). The number of aromatic amines is 1. The van der Waals surface area contributed by atoms with Gasteiger partial charge in [0.25, 0.3) is 0 Å². The van der Waals surface area contributed by atoms with Crippen LogP contribution >= 0.6 is 11.8 Å². The summed E-state index contributed by atoms with van der Waals surface area (Å²) >= 11 is 1.76. The molecule has 2 aliphatic rings. The number of hydrogen-bond acceptors (Lipinski definition) is 3. The quantitative estimate of drug-likeness (QED) is 0.730. The molecule has 0 saturated carbocycles. The molecule has 5 heteroatoms. The maximum atomic E-state index is 12.8. The van der Waals surface area contributed by atoms with Crippen LogP contribution in [0, 0.1) is 0 Å². The van der Waals surface area contributed by atoms with Gasteiger partial charge in [-0.2, -0.15) is 5.10 Å². The predicted octanol–water partition coefficient (Wildman–Crippen LogP) is 4.16. The number of rotatable bonds is 2. The highest BCUT2D eigenvalue weighted by atomic mass is 32.2. The molecule has 1 saturated heterocycles. The number of H-pyrrole nitrogens is 1. The number of piperidine rings is 1. The average molecular weight is 378 g/mol. The van der Waals surface area contributed by atoms with Crippen molar-refractivity contribution in [2.24, 2.45) is 0 Å². The number of carbonyl (C=O) groups is 1. The molecule has 4 nitrogen and oxygen atoms in total. The molecule has 1 unspecified atom stereocenters. The Morgan fingerprint density at radius 3 is 2.85 bits per heavy atom. The molecule has 0 spiro atoms. The number of para-hydroxylation sites is 1. The Balaban J connectivity index is 1.61. The van der Waals surface area contributed by atoms with Gasteiger partial charge in [-0.1, -0.05) is 61.2 Å². The Morgan fingerprint density at radius 2 is 1.96 bits per heavy atom. The summed E-state index contributed by atoms with van der Waals surface area (Å²) < 4.78 is 0. The number of fused-ring (bicyclic) bond motifs is 4. The number of aromatic nitrogens is 2. The molecule has 1 aromatic heterocycles. The highest BCUT2D eigenvalue weighted by molar-refractivity contribution is 8.00. The van der Waals surface area contributed by atoms with Crippen LogP contribution < -0.4 is 0 Å². The molecule has 2 aromatic carbocycles. The van der Waals surface area contributed by atoms with Gasteiger partial charge in [-0.05, 0) is 30.0 Å². The van der Waals surface area contributed by atoms with Gasteiger partial charge in [0.1, 0.15) is 5.03 Å². The lowest BCUT2D eigenvalue weighted by molar-refractivity contribution is -0.137. The molecule has 0 bridgehead atoms. The maximum absolute atomic E-state index is 12.8. The van der Waals surface area contributed by atoms with Gasteiger partial charge in [0, 0.05) is 35.6 Å². The molecule has 3 aromatic rings. The molecule has 2 heterocycles. The summed E-state index contributed by atoms with van der Waals surface area (Å²) in [5, 5.41) is 10.0. The van der Waals surface area contributed by atoms with E-state index in [2.05, 4.69) is 47.5 Å². The highest BCUT2D eigenvalue weighted by Gasteiger charge is 2.53. The molecule has 1 fully saturated rings. The van der Waals surface area contributed by atoms with Crippen LogP contribution in [-0.2, 0) is 16.6 Å². The summed E-state index contributed by atoms with van der Waals surface area (Å²) in [6.45, 7) is 2.35. The van der Waals surface area contributed by atoms with E-state index < -0.39 is 0 Å². The highest BCUT2D eigenvalue weighted by Crippen LogP contribution is 2.51. The SMILES string of the molecule is CN1C(=O)CC(Sc2n[nH]c3ccccc23)[C@]2(C)c3ccccc3CC[C@@H]12. The topological polar surface area (TPSA) is 49.0 Å². The minimum Gasteiger partial charge on any atom is -0.342 e. The molecule has 1 aliphatic heterocycles. The Morgan fingerprint density at radius 1 is 1.19 bits per heavy atom. The van der Waals surface area contributed by atoms with Gasteiger partial charge < -0.3 is 4.90 Å². The van der Waals surface area contributed by atoms with Crippen molar-refractivity contribution in [3.8, 4) is 0 Å². The maximum Gasteiger partial charge on any atom is 0.223 e. The van der Waals surface area contributed by atoms with Crippen molar-refractivity contribution in [2.75, 3.05) is 7.05 Å². The molecule has 27 heavy (non-hydrogen) atoms. The third kappa shape index (κ3) is 2.44. The number of likely N-dealkylation sites (tertiary alicyclic amines) is 1. The van der Waals surface area contributed by atoms with E-state index in [-0.39, 0.29) is 22.6 Å². The van der Waals surface area contributed by atoms with Crippen molar-refractivity contribution in [1.82, 2.24) is 15.1 Å². The molecular weight excluding hydrogens is 354 g/mol. The van der Waals surface area contributed by atoms with Gasteiger partial charge in [0.2, 0.25) is 5.91 Å². The number of benzene rings is 2. The summed E-state index contributed by atoms with van der Waals surface area (Å²) in [6, 6.07) is 17.2. The van der Waals surface area contributed by atoms with Gasteiger partial charge in [-0.15, -0.1) is 0 Å². The van der Waals surface area contributed by atoms with Gasteiger partial charge >= 0.3 is 0 Å². The van der Waals surface area contributed by atoms with E-state index in [1.165, 1.54) is 11.1 Å². The fourth-order valence-electron chi connectivity index (χ4n) is 5.03. The zero-order valence-corrected chi connectivity index (χ0v) is 16.4. The van der Waals surface area contributed by atoms with E-state index in [1.807, 2.05) is 30.1 Å². The largest absolute Gasteiger partial charge is 0.342 e. The van der Waals surface area contributed by atoms with Crippen LogP contribution in [0.15, 0.2) is 53.6 Å². The molecule has 0 radical (unpaired) electrons. The van der Waals surface area contributed by atoms with Crippen molar-refractivity contribution < 1.29 is 4.79 Å². The van der Waals surface area contributed by atoms with Crippen molar-refractivity contribution in [3.05, 3.63) is 59.7 Å². The predicted molar refractivity (Wildman–Crippen MR) is 109 cm³/mol. The Hall–Kier alpha value is -2.27. The first-order valence-electron chi connectivity index (χ1n) is 9.53. The van der Waals surface area contributed by atoms with E-state index in [0.29, 0.717) is 6.42 Å². The molecule has 138 valence electrons.